The molecule has 142 valence electrons. The molecule has 0 unspecified atom stereocenters. The number of aryl methyl sites for hydroxylation is 1. The summed E-state index contributed by atoms with van der Waals surface area (Å²) in [5, 5.41) is 4.90. The molecule has 1 heterocycles. The van der Waals surface area contributed by atoms with Gasteiger partial charge in [-0.25, -0.2) is 5.43 Å². The van der Waals surface area contributed by atoms with E-state index in [-0.39, 0.29) is 5.91 Å². The number of amides is 1. The van der Waals surface area contributed by atoms with Crippen LogP contribution in [0.15, 0.2) is 53.6 Å². The Morgan fingerprint density at radius 2 is 1.74 bits per heavy atom. The molecule has 5 nitrogen and oxygen atoms in total. The van der Waals surface area contributed by atoms with Crippen molar-refractivity contribution in [2.75, 3.05) is 32.7 Å². The van der Waals surface area contributed by atoms with E-state index in [1.54, 1.807) is 6.21 Å². The Kier molecular flexibility index (Phi) is 6.98. The van der Waals surface area contributed by atoms with Crippen molar-refractivity contribution in [3.05, 3.63) is 70.2 Å². The molecule has 1 saturated heterocycles. The smallest absolute Gasteiger partial charge is 0.295 e. The van der Waals surface area contributed by atoms with E-state index in [2.05, 4.69) is 16.6 Å². The van der Waals surface area contributed by atoms with E-state index < -0.39 is 0 Å². The summed E-state index contributed by atoms with van der Waals surface area (Å²) in [4.78, 5) is 14.9. The third kappa shape index (κ3) is 6.17. The second-order valence-corrected chi connectivity index (χ2v) is 7.56. The lowest BCUT2D eigenvalue weighted by Crippen LogP contribution is -3.28. The highest BCUT2D eigenvalue weighted by atomic mass is 35.5. The highest BCUT2D eigenvalue weighted by Crippen LogP contribution is 2.13. The summed E-state index contributed by atoms with van der Waals surface area (Å²) in [5.74, 6) is -0.0390. The summed E-state index contributed by atoms with van der Waals surface area (Å²) in [7, 11) is 0. The lowest BCUT2D eigenvalue weighted by Gasteiger charge is -2.29. The van der Waals surface area contributed by atoms with Gasteiger partial charge in [0.25, 0.3) is 5.91 Å². The van der Waals surface area contributed by atoms with E-state index in [1.807, 2.05) is 49.4 Å². The summed E-state index contributed by atoms with van der Waals surface area (Å²) < 4.78 is 0. The maximum absolute atomic E-state index is 12.1. The third-order valence-electron chi connectivity index (χ3n) is 4.95. The van der Waals surface area contributed by atoms with Gasteiger partial charge in [-0.15, -0.1) is 0 Å². The fourth-order valence-electron chi connectivity index (χ4n) is 3.32. The van der Waals surface area contributed by atoms with Gasteiger partial charge in [-0.3, -0.25) is 4.79 Å². The van der Waals surface area contributed by atoms with E-state index in [0.29, 0.717) is 6.54 Å². The molecule has 0 radical (unpaired) electrons. The topological polar surface area (TPSA) is 50.3 Å². The number of carbonyl (C=O) groups excluding carboxylic acids is 1. The third-order valence-corrected chi connectivity index (χ3v) is 5.32. The van der Waals surface area contributed by atoms with Crippen LogP contribution in [0.3, 0.4) is 0 Å². The van der Waals surface area contributed by atoms with Crippen LogP contribution < -0.4 is 15.2 Å². The van der Waals surface area contributed by atoms with Crippen molar-refractivity contribution in [2.45, 2.75) is 13.5 Å². The minimum atomic E-state index is -0.0390. The van der Waals surface area contributed by atoms with Crippen molar-refractivity contribution in [3.63, 3.8) is 0 Å². The zero-order valence-corrected chi connectivity index (χ0v) is 16.4. The van der Waals surface area contributed by atoms with Crippen LogP contribution in [0.4, 0.5) is 0 Å². The lowest BCUT2D eigenvalue weighted by atomic mass is 10.2. The van der Waals surface area contributed by atoms with Crippen LogP contribution in [0.2, 0.25) is 5.02 Å². The average Bonchev–Trinajstić information content (AvgIpc) is 2.67. The van der Waals surface area contributed by atoms with Crippen LogP contribution in [0, 0.1) is 6.92 Å². The Morgan fingerprint density at radius 1 is 1.07 bits per heavy atom. The predicted octanol–water partition coefficient (Wildman–Crippen LogP) is 0.0821. The first kappa shape index (κ1) is 19.5. The summed E-state index contributed by atoms with van der Waals surface area (Å²) in [6.45, 7) is 7.50. The first-order chi connectivity index (χ1) is 13.1. The van der Waals surface area contributed by atoms with Crippen molar-refractivity contribution < 1.29 is 14.6 Å². The van der Waals surface area contributed by atoms with Gasteiger partial charge in [-0.2, -0.15) is 5.10 Å². The summed E-state index contributed by atoms with van der Waals surface area (Å²) >= 11 is 6.26. The van der Waals surface area contributed by atoms with Crippen LogP contribution in [0.5, 0.6) is 0 Å². The number of benzene rings is 2. The average molecular weight is 387 g/mol. The number of quaternary nitrogens is 2. The Balaban J connectivity index is 1.39. The van der Waals surface area contributed by atoms with E-state index >= 15 is 0 Å². The molecule has 0 atom stereocenters. The standard InChI is InChI=1S/C21H25ClN4O/c1-17-6-8-18(9-7-17)14-23-24-21(27)16-26-12-10-25(11-13-26)15-19-4-2-3-5-20(19)22/h2-9,14H,10-13,15-16H2,1H3,(H,24,27)/p+2. The number of hydrogen-bond acceptors (Lipinski definition) is 2. The van der Waals surface area contributed by atoms with Crippen molar-refractivity contribution in [2.24, 2.45) is 5.10 Å². The first-order valence-corrected chi connectivity index (χ1v) is 9.77. The number of piperazine rings is 1. The molecule has 0 aromatic heterocycles. The van der Waals surface area contributed by atoms with E-state index in [4.69, 9.17) is 11.6 Å². The fourth-order valence-corrected chi connectivity index (χ4v) is 3.52. The number of hydrogen-bond donors (Lipinski definition) is 3. The predicted molar refractivity (Wildman–Crippen MR) is 108 cm³/mol. The van der Waals surface area contributed by atoms with Gasteiger partial charge in [-0.05, 0) is 18.6 Å². The fraction of sp³-hybridized carbons (Fsp3) is 0.333. The van der Waals surface area contributed by atoms with Crippen molar-refractivity contribution in [3.8, 4) is 0 Å². The van der Waals surface area contributed by atoms with Crippen molar-refractivity contribution >= 4 is 23.7 Å². The van der Waals surface area contributed by atoms with Crippen LogP contribution in [0.1, 0.15) is 16.7 Å². The van der Waals surface area contributed by atoms with Gasteiger partial charge in [0.05, 0.1) is 6.21 Å². The molecule has 27 heavy (non-hydrogen) atoms. The Labute approximate surface area is 165 Å². The molecule has 3 rings (SSSR count). The number of hydrazone groups is 1. The zero-order valence-electron chi connectivity index (χ0n) is 15.7. The van der Waals surface area contributed by atoms with Crippen LogP contribution in [-0.4, -0.2) is 44.8 Å². The molecule has 0 spiro atoms. The van der Waals surface area contributed by atoms with Crippen LogP contribution in [0.25, 0.3) is 0 Å². The first-order valence-electron chi connectivity index (χ1n) is 9.39. The van der Waals surface area contributed by atoms with Crippen molar-refractivity contribution in [1.82, 2.24) is 5.43 Å². The number of nitrogens with zero attached hydrogens (tertiary/aromatic N) is 1. The second kappa shape index (κ2) is 9.65. The molecule has 0 aliphatic carbocycles. The van der Waals surface area contributed by atoms with E-state index in [0.717, 1.165) is 43.3 Å². The summed E-state index contributed by atoms with van der Waals surface area (Å²) in [5.41, 5.74) is 6.01. The molecular formula is C21H27ClN4O+2. The van der Waals surface area contributed by atoms with E-state index in [9.17, 15) is 4.79 Å². The molecule has 2 aromatic carbocycles. The highest BCUT2D eigenvalue weighted by Gasteiger charge is 2.25. The maximum Gasteiger partial charge on any atom is 0.295 e. The monoisotopic (exact) mass is 386 g/mol. The molecular weight excluding hydrogens is 360 g/mol. The highest BCUT2D eigenvalue weighted by molar-refractivity contribution is 6.31. The molecule has 2 aromatic rings. The molecule has 1 aliphatic rings. The largest absolute Gasteiger partial charge is 0.322 e. The van der Waals surface area contributed by atoms with Gasteiger partial charge in [0.15, 0.2) is 6.54 Å². The number of halogens is 1. The van der Waals surface area contributed by atoms with Gasteiger partial charge >= 0.3 is 0 Å². The molecule has 3 N–H and O–H groups in total. The lowest BCUT2D eigenvalue weighted by molar-refractivity contribution is -1.02. The zero-order chi connectivity index (χ0) is 19.1. The van der Waals surface area contributed by atoms with Crippen LogP contribution in [-0.2, 0) is 11.3 Å². The van der Waals surface area contributed by atoms with E-state index in [1.165, 1.54) is 20.9 Å². The Bertz CT molecular complexity index is 783. The number of nitrogens with one attached hydrogen (secondary N) is 3. The van der Waals surface area contributed by atoms with Crippen LogP contribution >= 0.6 is 11.6 Å². The van der Waals surface area contributed by atoms with Gasteiger partial charge in [-0.1, -0.05) is 59.6 Å². The van der Waals surface area contributed by atoms with Gasteiger partial charge in [0.1, 0.15) is 32.7 Å². The summed E-state index contributed by atoms with van der Waals surface area (Å²) in [6.07, 6.45) is 1.68. The van der Waals surface area contributed by atoms with Gasteiger partial charge < -0.3 is 9.80 Å². The minimum Gasteiger partial charge on any atom is -0.322 e. The second-order valence-electron chi connectivity index (χ2n) is 7.15. The molecule has 1 aliphatic heterocycles. The number of carbonyl (C=O) groups is 1. The maximum atomic E-state index is 12.1. The summed E-state index contributed by atoms with van der Waals surface area (Å²) in [6, 6.07) is 16.0. The quantitative estimate of drug-likeness (QED) is 0.478. The molecule has 1 amide bonds. The molecule has 1 fully saturated rings. The number of rotatable bonds is 6. The Morgan fingerprint density at radius 3 is 2.44 bits per heavy atom. The minimum absolute atomic E-state index is 0.0390. The van der Waals surface area contributed by atoms with Gasteiger partial charge in [0, 0.05) is 10.6 Å². The molecule has 0 bridgehead atoms. The Hall–Kier alpha value is -2.21. The SMILES string of the molecule is Cc1ccc(C=NNC(=O)C[NH+]2CC[NH+](Cc3ccccc3Cl)CC2)cc1. The normalized spacial score (nSPS) is 19.9. The van der Waals surface area contributed by atoms with Gasteiger partial charge in [0.2, 0.25) is 0 Å². The van der Waals surface area contributed by atoms with Crippen molar-refractivity contribution in [1.29, 1.82) is 0 Å². The molecule has 0 saturated carbocycles. The molecule has 6 heteroatoms.